The number of nitrogens with zero attached hydrogens (tertiary/aromatic N) is 1. The summed E-state index contributed by atoms with van der Waals surface area (Å²) >= 11 is 0. The molecular formula is C18H14N2. The standard InChI is InChI=1S/C18H14N2/c1-3-12-15-10-19-9-8-13(15)11(2)18-17(12)14-6-4-5-7-16(14)20-18/h3-10,20H,1H2,2H3. The lowest BCUT2D eigenvalue weighted by molar-refractivity contribution is 1.36. The molecule has 2 nitrogen and oxygen atoms in total. The topological polar surface area (TPSA) is 28.7 Å². The van der Waals surface area contributed by atoms with Crippen LogP contribution in [-0.4, -0.2) is 9.97 Å². The van der Waals surface area contributed by atoms with Crippen molar-refractivity contribution in [3.05, 3.63) is 60.4 Å². The molecule has 0 aliphatic carbocycles. The molecule has 0 aliphatic rings. The second kappa shape index (κ2) is 3.94. The van der Waals surface area contributed by atoms with Crippen LogP contribution in [0.3, 0.4) is 0 Å². The van der Waals surface area contributed by atoms with E-state index in [0.29, 0.717) is 0 Å². The quantitative estimate of drug-likeness (QED) is 0.521. The third kappa shape index (κ3) is 1.31. The van der Waals surface area contributed by atoms with Gasteiger partial charge in [0, 0.05) is 34.1 Å². The normalized spacial score (nSPS) is 11.4. The number of hydrogen-bond acceptors (Lipinski definition) is 1. The number of aromatic nitrogens is 2. The predicted octanol–water partition coefficient (Wildman–Crippen LogP) is 4.82. The number of rotatable bonds is 1. The number of H-pyrrole nitrogens is 1. The number of fused-ring (bicyclic) bond motifs is 4. The molecule has 0 spiro atoms. The van der Waals surface area contributed by atoms with Crippen LogP contribution in [0.2, 0.25) is 0 Å². The van der Waals surface area contributed by atoms with Gasteiger partial charge in [0.1, 0.15) is 0 Å². The van der Waals surface area contributed by atoms with Crippen LogP contribution in [0.4, 0.5) is 0 Å². The van der Waals surface area contributed by atoms with Gasteiger partial charge in [-0.3, -0.25) is 4.98 Å². The number of hydrogen-bond donors (Lipinski definition) is 1. The molecule has 4 rings (SSSR count). The molecular weight excluding hydrogens is 244 g/mol. The van der Waals surface area contributed by atoms with Crippen molar-refractivity contribution in [1.29, 1.82) is 0 Å². The Morgan fingerprint density at radius 1 is 1.10 bits per heavy atom. The Kier molecular flexibility index (Phi) is 2.21. The van der Waals surface area contributed by atoms with Crippen molar-refractivity contribution in [2.45, 2.75) is 6.92 Å². The van der Waals surface area contributed by atoms with Crippen molar-refractivity contribution in [2.24, 2.45) is 0 Å². The SMILES string of the molecule is C=Cc1c2cnccc2c(C)c2[nH]c3ccccc3c12. The first kappa shape index (κ1) is 11.2. The zero-order valence-electron chi connectivity index (χ0n) is 11.3. The summed E-state index contributed by atoms with van der Waals surface area (Å²) in [6, 6.07) is 10.5. The summed E-state index contributed by atoms with van der Waals surface area (Å²) < 4.78 is 0. The molecule has 0 amide bonds. The average molecular weight is 258 g/mol. The van der Waals surface area contributed by atoms with Gasteiger partial charge in [-0.2, -0.15) is 0 Å². The van der Waals surface area contributed by atoms with Gasteiger partial charge in [0.2, 0.25) is 0 Å². The van der Waals surface area contributed by atoms with Crippen molar-refractivity contribution in [1.82, 2.24) is 9.97 Å². The van der Waals surface area contributed by atoms with E-state index in [2.05, 4.69) is 53.8 Å². The van der Waals surface area contributed by atoms with Crippen LogP contribution < -0.4 is 0 Å². The summed E-state index contributed by atoms with van der Waals surface area (Å²) in [5.41, 5.74) is 4.78. The van der Waals surface area contributed by atoms with Gasteiger partial charge < -0.3 is 4.98 Å². The van der Waals surface area contributed by atoms with E-state index < -0.39 is 0 Å². The highest BCUT2D eigenvalue weighted by Crippen LogP contribution is 2.36. The minimum atomic E-state index is 1.16. The number of para-hydroxylation sites is 1. The van der Waals surface area contributed by atoms with Crippen molar-refractivity contribution in [3.8, 4) is 0 Å². The van der Waals surface area contributed by atoms with E-state index in [1.165, 1.54) is 27.2 Å². The van der Waals surface area contributed by atoms with Gasteiger partial charge in [-0.1, -0.05) is 30.9 Å². The predicted molar refractivity (Wildman–Crippen MR) is 85.9 cm³/mol. The Balaban J connectivity index is 2.41. The molecule has 96 valence electrons. The van der Waals surface area contributed by atoms with E-state index in [1.54, 1.807) is 0 Å². The smallest absolute Gasteiger partial charge is 0.0507 e. The van der Waals surface area contributed by atoms with E-state index in [4.69, 9.17) is 0 Å². The maximum absolute atomic E-state index is 4.28. The van der Waals surface area contributed by atoms with Crippen LogP contribution in [0.5, 0.6) is 0 Å². The molecule has 2 heteroatoms. The zero-order chi connectivity index (χ0) is 13.7. The summed E-state index contributed by atoms with van der Waals surface area (Å²) in [6.45, 7) is 6.17. The molecule has 0 atom stereocenters. The molecule has 2 aromatic carbocycles. The highest BCUT2D eigenvalue weighted by atomic mass is 14.7. The zero-order valence-corrected chi connectivity index (χ0v) is 11.3. The van der Waals surface area contributed by atoms with Gasteiger partial charge in [-0.15, -0.1) is 0 Å². The van der Waals surface area contributed by atoms with Gasteiger partial charge in [-0.25, -0.2) is 0 Å². The van der Waals surface area contributed by atoms with E-state index in [9.17, 15) is 0 Å². The summed E-state index contributed by atoms with van der Waals surface area (Å²) in [5.74, 6) is 0. The fraction of sp³-hybridized carbons (Fsp3) is 0.0556. The molecule has 2 aromatic heterocycles. The first-order valence-electron chi connectivity index (χ1n) is 6.70. The molecule has 2 heterocycles. The second-order valence-electron chi connectivity index (χ2n) is 5.08. The fourth-order valence-corrected chi connectivity index (χ4v) is 3.12. The lowest BCUT2D eigenvalue weighted by Crippen LogP contribution is -1.87. The summed E-state index contributed by atoms with van der Waals surface area (Å²) in [6.07, 6.45) is 5.71. The van der Waals surface area contributed by atoms with Crippen LogP contribution in [-0.2, 0) is 0 Å². The molecule has 0 saturated carbocycles. The Bertz CT molecular complexity index is 977. The largest absolute Gasteiger partial charge is 0.354 e. The van der Waals surface area contributed by atoms with Crippen LogP contribution >= 0.6 is 0 Å². The van der Waals surface area contributed by atoms with E-state index >= 15 is 0 Å². The Hall–Kier alpha value is -2.61. The molecule has 20 heavy (non-hydrogen) atoms. The first-order chi connectivity index (χ1) is 9.81. The van der Waals surface area contributed by atoms with Gasteiger partial charge in [0.15, 0.2) is 0 Å². The van der Waals surface area contributed by atoms with Gasteiger partial charge >= 0.3 is 0 Å². The van der Waals surface area contributed by atoms with Crippen molar-refractivity contribution in [2.75, 3.05) is 0 Å². The van der Waals surface area contributed by atoms with Crippen molar-refractivity contribution < 1.29 is 0 Å². The summed E-state index contributed by atoms with van der Waals surface area (Å²) in [4.78, 5) is 7.82. The number of pyridine rings is 1. The molecule has 0 fully saturated rings. The number of aryl methyl sites for hydroxylation is 1. The lowest BCUT2D eigenvalue weighted by atomic mass is 9.96. The molecule has 0 radical (unpaired) electrons. The van der Waals surface area contributed by atoms with Gasteiger partial charge in [0.05, 0.1) is 5.52 Å². The first-order valence-corrected chi connectivity index (χ1v) is 6.70. The maximum Gasteiger partial charge on any atom is 0.0507 e. The molecule has 0 bridgehead atoms. The second-order valence-corrected chi connectivity index (χ2v) is 5.08. The summed E-state index contributed by atoms with van der Waals surface area (Å²) in [7, 11) is 0. The maximum atomic E-state index is 4.28. The Morgan fingerprint density at radius 2 is 1.95 bits per heavy atom. The van der Waals surface area contributed by atoms with E-state index in [-0.39, 0.29) is 0 Å². The van der Waals surface area contributed by atoms with Gasteiger partial charge in [0.25, 0.3) is 0 Å². The van der Waals surface area contributed by atoms with Crippen molar-refractivity contribution >= 4 is 38.7 Å². The van der Waals surface area contributed by atoms with Crippen LogP contribution in [0.15, 0.2) is 49.3 Å². The van der Waals surface area contributed by atoms with Crippen molar-refractivity contribution in [3.63, 3.8) is 0 Å². The minimum Gasteiger partial charge on any atom is -0.354 e. The van der Waals surface area contributed by atoms with Crippen LogP contribution in [0.1, 0.15) is 11.1 Å². The number of aromatic amines is 1. The minimum absolute atomic E-state index is 1.16. The lowest BCUT2D eigenvalue weighted by Gasteiger charge is -2.08. The fourth-order valence-electron chi connectivity index (χ4n) is 3.12. The molecule has 0 saturated heterocycles. The highest BCUT2D eigenvalue weighted by Gasteiger charge is 2.14. The van der Waals surface area contributed by atoms with Crippen LogP contribution in [0, 0.1) is 6.92 Å². The van der Waals surface area contributed by atoms with E-state index in [0.717, 1.165) is 16.5 Å². The number of nitrogens with one attached hydrogen (secondary N) is 1. The Labute approximate surface area is 116 Å². The third-order valence-electron chi connectivity index (χ3n) is 4.07. The average Bonchev–Trinajstić information content (AvgIpc) is 2.88. The molecule has 0 aliphatic heterocycles. The van der Waals surface area contributed by atoms with Crippen LogP contribution in [0.25, 0.3) is 38.7 Å². The highest BCUT2D eigenvalue weighted by molar-refractivity contribution is 6.18. The summed E-state index contributed by atoms with van der Waals surface area (Å²) in [5, 5.41) is 4.88. The third-order valence-corrected chi connectivity index (χ3v) is 4.07. The number of benzene rings is 2. The van der Waals surface area contributed by atoms with E-state index in [1.807, 2.05) is 18.5 Å². The molecule has 4 aromatic rings. The molecule has 1 N–H and O–H groups in total. The van der Waals surface area contributed by atoms with Gasteiger partial charge in [-0.05, 0) is 35.6 Å². The monoisotopic (exact) mass is 258 g/mol. The Morgan fingerprint density at radius 3 is 2.80 bits per heavy atom. The molecule has 0 unspecified atom stereocenters.